The van der Waals surface area contributed by atoms with Crippen molar-refractivity contribution in [1.82, 2.24) is 20.5 Å². The molecule has 2 aliphatic heterocycles. The third-order valence-electron chi connectivity index (χ3n) is 6.08. The Balaban J connectivity index is 1.34. The van der Waals surface area contributed by atoms with Crippen LogP contribution >= 0.6 is 0 Å². The molecule has 4 heterocycles. The SMILES string of the molecule is CC(C)CNON1CCC2(C1)CC1(C2)OB(O)c2cnc3[nH]ccc3c21. The number of fused-ring (bicyclic) bond motifs is 4. The van der Waals surface area contributed by atoms with Crippen LogP contribution in [0.3, 0.4) is 0 Å². The van der Waals surface area contributed by atoms with Crippen molar-refractivity contribution >= 4 is 23.6 Å². The fraction of sp³-hybridized carbons (Fsp3) is 0.611. The summed E-state index contributed by atoms with van der Waals surface area (Å²) in [4.78, 5) is 13.3. The van der Waals surface area contributed by atoms with Crippen LogP contribution < -0.4 is 10.9 Å². The maximum atomic E-state index is 10.4. The van der Waals surface area contributed by atoms with Gasteiger partial charge < -0.3 is 14.7 Å². The van der Waals surface area contributed by atoms with Gasteiger partial charge in [-0.15, -0.1) is 0 Å². The fourth-order valence-corrected chi connectivity index (χ4v) is 5.03. The van der Waals surface area contributed by atoms with Gasteiger partial charge in [-0.3, -0.25) is 0 Å². The molecule has 3 N–H and O–H groups in total. The number of hydrogen-bond acceptors (Lipinski definition) is 6. The van der Waals surface area contributed by atoms with E-state index in [1.54, 1.807) is 6.20 Å². The third-order valence-corrected chi connectivity index (χ3v) is 6.08. The molecular formula is C18H25BN4O3. The first-order chi connectivity index (χ1) is 12.5. The van der Waals surface area contributed by atoms with Crippen molar-refractivity contribution in [3.8, 4) is 0 Å². The summed E-state index contributed by atoms with van der Waals surface area (Å²) >= 11 is 0. The summed E-state index contributed by atoms with van der Waals surface area (Å²) in [6.07, 6.45) is 6.57. The lowest BCUT2D eigenvalue weighted by Crippen LogP contribution is -2.52. The van der Waals surface area contributed by atoms with E-state index >= 15 is 0 Å². The number of hydroxylamine groups is 3. The highest BCUT2D eigenvalue weighted by molar-refractivity contribution is 6.62. The number of hydrogen-bond donors (Lipinski definition) is 3. The normalized spacial score (nSPS) is 30.8. The second-order valence-corrected chi connectivity index (χ2v) is 8.59. The van der Waals surface area contributed by atoms with Crippen LogP contribution in [-0.2, 0) is 15.2 Å². The van der Waals surface area contributed by atoms with Gasteiger partial charge in [-0.2, -0.15) is 10.5 Å². The lowest BCUT2D eigenvalue weighted by Gasteiger charge is -2.53. The van der Waals surface area contributed by atoms with Gasteiger partial charge in [-0.1, -0.05) is 13.8 Å². The summed E-state index contributed by atoms with van der Waals surface area (Å²) in [6, 6.07) is 2.04. The lowest BCUT2D eigenvalue weighted by atomic mass is 9.56. The Labute approximate surface area is 153 Å². The van der Waals surface area contributed by atoms with Crippen molar-refractivity contribution in [2.45, 2.75) is 38.7 Å². The molecule has 3 aliphatic rings. The summed E-state index contributed by atoms with van der Waals surface area (Å²) in [6.45, 7) is 6.99. The van der Waals surface area contributed by atoms with E-state index in [9.17, 15) is 5.02 Å². The van der Waals surface area contributed by atoms with E-state index in [4.69, 9.17) is 9.59 Å². The second-order valence-electron chi connectivity index (χ2n) is 8.59. The summed E-state index contributed by atoms with van der Waals surface area (Å²) < 4.78 is 6.09. The van der Waals surface area contributed by atoms with E-state index in [0.717, 1.165) is 61.0 Å². The quantitative estimate of drug-likeness (QED) is 0.561. The predicted molar refractivity (Wildman–Crippen MR) is 98.2 cm³/mol. The van der Waals surface area contributed by atoms with Crippen molar-refractivity contribution in [3.05, 3.63) is 24.0 Å². The molecule has 0 unspecified atom stereocenters. The Kier molecular flexibility index (Phi) is 3.71. The van der Waals surface area contributed by atoms with Gasteiger partial charge in [0.15, 0.2) is 0 Å². The zero-order valence-corrected chi connectivity index (χ0v) is 15.3. The van der Waals surface area contributed by atoms with Crippen molar-refractivity contribution < 1.29 is 14.6 Å². The summed E-state index contributed by atoms with van der Waals surface area (Å²) in [7, 11) is -0.879. The first-order valence-electron chi connectivity index (χ1n) is 9.47. The number of pyridine rings is 1. The number of rotatable bonds is 4. The van der Waals surface area contributed by atoms with Gasteiger partial charge in [0.05, 0.1) is 5.60 Å². The summed E-state index contributed by atoms with van der Waals surface area (Å²) in [5, 5.41) is 13.5. The van der Waals surface area contributed by atoms with Crippen LogP contribution in [0.5, 0.6) is 0 Å². The van der Waals surface area contributed by atoms with Gasteiger partial charge in [0, 0.05) is 42.9 Å². The molecule has 2 fully saturated rings. The Morgan fingerprint density at radius 3 is 3.15 bits per heavy atom. The average Bonchev–Trinajstić information content (AvgIpc) is 3.24. The van der Waals surface area contributed by atoms with E-state index in [1.807, 2.05) is 17.3 Å². The second kappa shape index (κ2) is 5.77. The first kappa shape index (κ1) is 16.7. The highest BCUT2D eigenvalue weighted by atomic mass is 16.8. The van der Waals surface area contributed by atoms with E-state index in [0.29, 0.717) is 5.92 Å². The van der Waals surface area contributed by atoms with E-state index in [2.05, 4.69) is 29.3 Å². The monoisotopic (exact) mass is 356 g/mol. The molecule has 2 aromatic heterocycles. The van der Waals surface area contributed by atoms with Gasteiger partial charge in [0.2, 0.25) is 0 Å². The smallest absolute Gasteiger partial charge is 0.423 e. The van der Waals surface area contributed by atoms with Gasteiger partial charge >= 0.3 is 7.12 Å². The molecule has 0 radical (unpaired) electrons. The van der Waals surface area contributed by atoms with Crippen LogP contribution in [0.1, 0.15) is 38.7 Å². The zero-order chi connectivity index (χ0) is 17.9. The standard InChI is InChI=1S/C18H25BN4O3/c1-12(2)7-22-26-23-6-4-17(11-23)9-18(10-17)15-13-3-5-20-16(13)21-8-14(15)19(24)25-18/h3,5,8,12,22,24H,4,6-7,9-11H2,1-2H3,(H,20,21). The van der Waals surface area contributed by atoms with E-state index < -0.39 is 7.12 Å². The van der Waals surface area contributed by atoms with Crippen LogP contribution in [-0.4, -0.2) is 46.8 Å². The van der Waals surface area contributed by atoms with Crippen LogP contribution in [0.25, 0.3) is 11.0 Å². The highest BCUT2D eigenvalue weighted by Crippen LogP contribution is 2.62. The topological polar surface area (TPSA) is 82.6 Å². The Morgan fingerprint density at radius 2 is 2.35 bits per heavy atom. The number of H-pyrrole nitrogens is 1. The molecule has 1 saturated heterocycles. The molecule has 0 aromatic carbocycles. The Bertz CT molecular complexity index is 833. The molecule has 7 nitrogen and oxygen atoms in total. The molecule has 5 rings (SSSR count). The molecule has 8 heteroatoms. The van der Waals surface area contributed by atoms with Gasteiger partial charge in [-0.05, 0) is 42.2 Å². The molecule has 138 valence electrons. The molecule has 2 aromatic rings. The zero-order valence-electron chi connectivity index (χ0n) is 15.3. The molecule has 26 heavy (non-hydrogen) atoms. The fourth-order valence-electron chi connectivity index (χ4n) is 5.03. The van der Waals surface area contributed by atoms with Gasteiger partial charge in [0.25, 0.3) is 0 Å². The van der Waals surface area contributed by atoms with Crippen LogP contribution in [0, 0.1) is 11.3 Å². The molecule has 0 atom stereocenters. The third kappa shape index (κ3) is 2.44. The summed E-state index contributed by atoms with van der Waals surface area (Å²) in [5.74, 6) is 0.556. The molecule has 0 bridgehead atoms. The van der Waals surface area contributed by atoms with Crippen molar-refractivity contribution in [3.63, 3.8) is 0 Å². The van der Waals surface area contributed by atoms with Gasteiger partial charge in [-0.25, -0.2) is 9.92 Å². The van der Waals surface area contributed by atoms with Crippen LogP contribution in [0.15, 0.2) is 18.5 Å². The Hall–Kier alpha value is -1.45. The van der Waals surface area contributed by atoms with Gasteiger partial charge in [0.1, 0.15) is 5.65 Å². The average molecular weight is 356 g/mol. The van der Waals surface area contributed by atoms with E-state index in [-0.39, 0.29) is 11.0 Å². The molecule has 2 spiro atoms. The van der Waals surface area contributed by atoms with Crippen molar-refractivity contribution in [2.75, 3.05) is 19.6 Å². The molecule has 1 aliphatic carbocycles. The van der Waals surface area contributed by atoms with E-state index in [1.165, 1.54) is 0 Å². The minimum atomic E-state index is -0.879. The number of aromatic amines is 1. The first-order valence-corrected chi connectivity index (χ1v) is 9.47. The number of nitrogens with one attached hydrogen (secondary N) is 2. The maximum Gasteiger partial charge on any atom is 0.493 e. The minimum absolute atomic E-state index is 0.201. The van der Waals surface area contributed by atoms with Crippen LogP contribution in [0.2, 0.25) is 0 Å². The minimum Gasteiger partial charge on any atom is -0.423 e. The van der Waals surface area contributed by atoms with Crippen molar-refractivity contribution in [1.29, 1.82) is 0 Å². The molecule has 0 amide bonds. The van der Waals surface area contributed by atoms with Crippen LogP contribution in [0.4, 0.5) is 0 Å². The maximum absolute atomic E-state index is 10.4. The lowest BCUT2D eigenvalue weighted by molar-refractivity contribution is -0.213. The summed E-state index contributed by atoms with van der Waals surface area (Å²) in [5.41, 5.74) is 5.67. The number of nitrogens with zero attached hydrogens (tertiary/aromatic N) is 2. The molecule has 1 saturated carbocycles. The molecular weight excluding hydrogens is 331 g/mol. The highest BCUT2D eigenvalue weighted by Gasteiger charge is 2.63. The Morgan fingerprint density at radius 1 is 1.50 bits per heavy atom. The van der Waals surface area contributed by atoms with Crippen molar-refractivity contribution in [2.24, 2.45) is 11.3 Å². The predicted octanol–water partition coefficient (Wildman–Crippen LogP) is 1.05. The largest absolute Gasteiger partial charge is 0.493 e. The number of aromatic nitrogens is 2.